The lowest BCUT2D eigenvalue weighted by Crippen LogP contribution is -2.36. The van der Waals surface area contributed by atoms with Crippen molar-refractivity contribution >= 4 is 46.4 Å². The number of methoxy groups -OCH3 is 1. The molecule has 6 N–H and O–H groups in total. The van der Waals surface area contributed by atoms with Gasteiger partial charge in [0.05, 0.1) is 7.11 Å². The average molecular weight is 489 g/mol. The topological polar surface area (TPSA) is 198 Å². The molecule has 34 heavy (non-hydrogen) atoms. The van der Waals surface area contributed by atoms with Gasteiger partial charge < -0.3 is 20.9 Å². The van der Waals surface area contributed by atoms with Crippen LogP contribution in [0.4, 0.5) is 17.1 Å². The molecule has 0 bridgehead atoms. The van der Waals surface area contributed by atoms with Crippen LogP contribution in [0.1, 0.15) is 26.5 Å². The molecular weight excluding hydrogens is 472 g/mol. The number of ether oxygens (including phenoxy) is 1. The zero-order chi connectivity index (χ0) is 25.0. The number of nitrogens with zero attached hydrogens (tertiary/aromatic N) is 2. The molecule has 2 aromatic heterocycles. The maximum absolute atomic E-state index is 11.4. The van der Waals surface area contributed by atoms with Gasteiger partial charge in [-0.05, 0) is 29.5 Å². The van der Waals surface area contributed by atoms with Gasteiger partial charge in [0.15, 0.2) is 17.0 Å². The number of esters is 1. The third kappa shape index (κ3) is 4.95. The van der Waals surface area contributed by atoms with Crippen molar-refractivity contribution in [1.82, 2.24) is 19.4 Å². The lowest BCUT2D eigenvalue weighted by Gasteiger charge is -2.10. The number of fused-ring (bicyclic) bond motifs is 1. The number of aromatic carboxylic acids is 1. The van der Waals surface area contributed by atoms with E-state index in [1.165, 1.54) is 0 Å². The standard InChI is InChI=1S/C11H10ClN3O2.C9H7N3O5/c12-14-5-6-2-1-3-7(4-6)15-9-8(13)10(16)11(9)17;1-17-9(16)5-2-4(8(14)15)10-6-3-7(13)11-12(5)6/h1-4,14-15H,5,13H2;2-3H,1H3,(H,11,13)(H,14,15). The second-order valence-electron chi connectivity index (χ2n) is 6.72. The first kappa shape index (κ1) is 24.2. The van der Waals surface area contributed by atoms with E-state index < -0.39 is 28.4 Å². The van der Waals surface area contributed by atoms with Crippen LogP contribution in [0.3, 0.4) is 0 Å². The number of anilines is 3. The summed E-state index contributed by atoms with van der Waals surface area (Å²) in [6.07, 6.45) is 0. The molecule has 0 atom stereocenters. The molecule has 14 heteroatoms. The Bertz CT molecular complexity index is 1520. The third-order valence-corrected chi connectivity index (χ3v) is 4.62. The number of hydrogen-bond acceptors (Lipinski definition) is 10. The summed E-state index contributed by atoms with van der Waals surface area (Å²) in [4.78, 5) is 61.7. The van der Waals surface area contributed by atoms with Gasteiger partial charge in [0, 0.05) is 24.4 Å². The SMILES string of the molecule is COC(=O)c1cc(C(=O)O)nc2cc(=O)[nH]n12.Nc1c(Nc2cccc(CNCl)c2)c(=O)c1=O. The van der Waals surface area contributed by atoms with Crippen LogP contribution >= 0.6 is 11.8 Å². The molecule has 0 saturated carbocycles. The van der Waals surface area contributed by atoms with Gasteiger partial charge in [-0.3, -0.25) is 19.5 Å². The van der Waals surface area contributed by atoms with Gasteiger partial charge in [-0.25, -0.2) is 23.9 Å². The van der Waals surface area contributed by atoms with Crippen LogP contribution < -0.4 is 32.3 Å². The van der Waals surface area contributed by atoms with Crippen LogP contribution in [0.2, 0.25) is 0 Å². The van der Waals surface area contributed by atoms with Crippen molar-refractivity contribution in [2.24, 2.45) is 0 Å². The van der Waals surface area contributed by atoms with Crippen molar-refractivity contribution in [3.05, 3.63) is 84.1 Å². The molecule has 2 heterocycles. The van der Waals surface area contributed by atoms with Crippen molar-refractivity contribution in [3.8, 4) is 0 Å². The van der Waals surface area contributed by atoms with E-state index in [0.717, 1.165) is 29.3 Å². The van der Waals surface area contributed by atoms with Crippen molar-refractivity contribution in [3.63, 3.8) is 0 Å². The molecule has 0 radical (unpaired) electrons. The highest BCUT2D eigenvalue weighted by atomic mass is 35.5. The number of benzene rings is 1. The number of nitrogens with one attached hydrogen (secondary N) is 3. The summed E-state index contributed by atoms with van der Waals surface area (Å²) in [5.41, 5.74) is 5.06. The number of carboxylic acid groups (broad SMARTS) is 1. The van der Waals surface area contributed by atoms with E-state index >= 15 is 0 Å². The fourth-order valence-electron chi connectivity index (χ4n) is 2.88. The number of aromatic nitrogens is 3. The number of halogens is 1. The lowest BCUT2D eigenvalue weighted by molar-refractivity contribution is 0.0590. The smallest absolute Gasteiger partial charge is 0.356 e. The number of hydrogen-bond donors (Lipinski definition) is 5. The Morgan fingerprint density at radius 3 is 2.56 bits per heavy atom. The molecule has 2 aromatic carbocycles. The number of carbonyl (C=O) groups is 2. The second-order valence-corrected chi connectivity index (χ2v) is 6.99. The van der Waals surface area contributed by atoms with Crippen molar-refractivity contribution in [2.75, 3.05) is 18.2 Å². The van der Waals surface area contributed by atoms with E-state index in [1.54, 1.807) is 6.07 Å². The van der Waals surface area contributed by atoms with Crippen LogP contribution in [-0.2, 0) is 11.3 Å². The monoisotopic (exact) mass is 488 g/mol. The first-order chi connectivity index (χ1) is 16.2. The number of carboxylic acids is 1. The van der Waals surface area contributed by atoms with Crippen molar-refractivity contribution in [1.29, 1.82) is 0 Å². The van der Waals surface area contributed by atoms with E-state index in [1.807, 2.05) is 18.2 Å². The highest BCUT2D eigenvalue weighted by molar-refractivity contribution is 6.13. The zero-order valence-corrected chi connectivity index (χ0v) is 18.2. The summed E-state index contributed by atoms with van der Waals surface area (Å²) in [7, 11) is 1.15. The van der Waals surface area contributed by atoms with E-state index in [4.69, 9.17) is 22.6 Å². The second kappa shape index (κ2) is 9.97. The molecule has 13 nitrogen and oxygen atoms in total. The number of nitrogens with two attached hydrogens (primary N) is 1. The zero-order valence-electron chi connectivity index (χ0n) is 17.4. The Hall–Kier alpha value is -4.49. The average Bonchev–Trinajstić information content (AvgIpc) is 3.21. The summed E-state index contributed by atoms with van der Waals surface area (Å²) in [6, 6.07) is 9.38. The summed E-state index contributed by atoms with van der Waals surface area (Å²) in [5.74, 6) is -2.07. The lowest BCUT2D eigenvalue weighted by atomic mass is 10.1. The predicted molar refractivity (Wildman–Crippen MR) is 122 cm³/mol. The molecule has 0 fully saturated rings. The van der Waals surface area contributed by atoms with Crippen LogP contribution in [-0.4, -0.2) is 38.8 Å². The molecule has 176 valence electrons. The van der Waals surface area contributed by atoms with Crippen LogP contribution in [0.15, 0.2) is 50.8 Å². The first-order valence-electron chi connectivity index (χ1n) is 9.39. The molecule has 4 rings (SSSR count). The highest BCUT2D eigenvalue weighted by Gasteiger charge is 2.18. The van der Waals surface area contributed by atoms with Crippen LogP contribution in [0.5, 0.6) is 0 Å². The molecule has 0 spiro atoms. The van der Waals surface area contributed by atoms with Crippen LogP contribution in [0.25, 0.3) is 5.65 Å². The molecule has 0 unspecified atom stereocenters. The fourth-order valence-corrected chi connectivity index (χ4v) is 3.03. The normalized spacial score (nSPS) is 10.5. The van der Waals surface area contributed by atoms with Crippen molar-refractivity contribution in [2.45, 2.75) is 6.54 Å². The molecule has 0 aliphatic carbocycles. The van der Waals surface area contributed by atoms with Gasteiger partial charge in [0.25, 0.3) is 16.4 Å². The molecule has 0 saturated heterocycles. The van der Waals surface area contributed by atoms with Crippen molar-refractivity contribution < 1.29 is 19.4 Å². The van der Waals surface area contributed by atoms with Gasteiger partial charge in [-0.15, -0.1) is 0 Å². The van der Waals surface area contributed by atoms with Gasteiger partial charge in [-0.2, -0.15) is 0 Å². The minimum Gasteiger partial charge on any atom is -0.477 e. The summed E-state index contributed by atoms with van der Waals surface area (Å²) in [5, 5.41) is 14.0. The number of aromatic amines is 1. The summed E-state index contributed by atoms with van der Waals surface area (Å²) >= 11 is 5.40. The number of rotatable bonds is 6. The molecule has 0 amide bonds. The molecular formula is C20H17ClN6O7. The highest BCUT2D eigenvalue weighted by Crippen LogP contribution is 2.19. The predicted octanol–water partition coefficient (Wildman–Crippen LogP) is 0.359. The fraction of sp³-hybridized carbons (Fsp3) is 0.100. The summed E-state index contributed by atoms with van der Waals surface area (Å²) < 4.78 is 5.56. The Labute approximate surface area is 194 Å². The molecule has 0 aliphatic heterocycles. The first-order valence-corrected chi connectivity index (χ1v) is 9.76. The Balaban J connectivity index is 0.000000191. The number of carbonyl (C=O) groups excluding carboxylic acids is 1. The molecule has 0 aliphatic rings. The van der Waals surface area contributed by atoms with E-state index in [0.29, 0.717) is 12.2 Å². The number of H-pyrrole nitrogens is 1. The maximum atomic E-state index is 11.4. The van der Waals surface area contributed by atoms with E-state index in [9.17, 15) is 24.0 Å². The van der Waals surface area contributed by atoms with Gasteiger partial charge in [0.1, 0.15) is 11.4 Å². The van der Waals surface area contributed by atoms with Crippen LogP contribution in [0, 0.1) is 0 Å². The Kier molecular flexibility index (Phi) is 7.09. The van der Waals surface area contributed by atoms with Gasteiger partial charge in [0.2, 0.25) is 0 Å². The largest absolute Gasteiger partial charge is 0.477 e. The summed E-state index contributed by atoms with van der Waals surface area (Å²) in [6.45, 7) is 0.498. The van der Waals surface area contributed by atoms with Gasteiger partial charge >= 0.3 is 11.9 Å². The van der Waals surface area contributed by atoms with E-state index in [-0.39, 0.29) is 28.4 Å². The minimum atomic E-state index is -1.30. The van der Waals surface area contributed by atoms with E-state index in [2.05, 4.69) is 25.0 Å². The Morgan fingerprint density at radius 2 is 1.94 bits per heavy atom. The Morgan fingerprint density at radius 1 is 1.21 bits per heavy atom. The molecule has 4 aromatic rings. The maximum Gasteiger partial charge on any atom is 0.356 e. The third-order valence-electron chi connectivity index (χ3n) is 4.49. The minimum absolute atomic E-state index is 0.0177. The number of nitrogen functional groups attached to an aromatic ring is 1. The van der Waals surface area contributed by atoms with Gasteiger partial charge in [-0.1, -0.05) is 12.1 Å². The quantitative estimate of drug-likeness (QED) is 0.142.